The molecule has 1 atom stereocenters. The zero-order chi connectivity index (χ0) is 18.6. The molecule has 8 heteroatoms. The summed E-state index contributed by atoms with van der Waals surface area (Å²) in [4.78, 5) is 14.2. The summed E-state index contributed by atoms with van der Waals surface area (Å²) in [5, 5.41) is 17.9. The Morgan fingerprint density at radius 1 is 1.31 bits per heavy atom. The average molecular weight is 364 g/mol. The number of nitrogens with zero attached hydrogens (tertiary/aromatic N) is 3. The van der Waals surface area contributed by atoms with Crippen LogP contribution in [0.1, 0.15) is 18.4 Å². The van der Waals surface area contributed by atoms with E-state index in [-0.39, 0.29) is 19.0 Å². The second-order valence-electron chi connectivity index (χ2n) is 6.56. The molecular weight excluding hydrogens is 342 g/mol. The highest BCUT2D eigenvalue weighted by Gasteiger charge is 2.41. The van der Waals surface area contributed by atoms with Crippen molar-refractivity contribution in [3.63, 3.8) is 0 Å². The molecule has 1 aliphatic heterocycles. The van der Waals surface area contributed by atoms with E-state index < -0.39 is 17.2 Å². The zero-order valence-electron chi connectivity index (χ0n) is 14.4. The van der Waals surface area contributed by atoms with Crippen LogP contribution >= 0.6 is 0 Å². The Kier molecular flexibility index (Phi) is 5.63. The van der Waals surface area contributed by atoms with Gasteiger partial charge in [0.05, 0.1) is 6.54 Å². The number of benzene rings is 1. The summed E-state index contributed by atoms with van der Waals surface area (Å²) in [6.45, 7) is 1.97. The van der Waals surface area contributed by atoms with Gasteiger partial charge in [0.15, 0.2) is 17.2 Å². The normalized spacial score (nSPS) is 20.6. The predicted molar refractivity (Wildman–Crippen MR) is 91.1 cm³/mol. The van der Waals surface area contributed by atoms with E-state index in [4.69, 9.17) is 0 Å². The van der Waals surface area contributed by atoms with Crippen LogP contribution in [0.25, 0.3) is 0 Å². The fourth-order valence-corrected chi connectivity index (χ4v) is 3.16. The Morgan fingerprint density at radius 2 is 2.15 bits per heavy atom. The number of aromatic nitrogens is 2. The van der Waals surface area contributed by atoms with Gasteiger partial charge < -0.3 is 15.3 Å². The molecule has 0 saturated carbocycles. The maximum Gasteiger partial charge on any atom is 0.256 e. The van der Waals surface area contributed by atoms with Gasteiger partial charge in [-0.2, -0.15) is 5.10 Å². The minimum absolute atomic E-state index is 0.140. The second-order valence-corrected chi connectivity index (χ2v) is 6.56. The van der Waals surface area contributed by atoms with Crippen molar-refractivity contribution in [3.05, 3.63) is 53.9 Å². The van der Waals surface area contributed by atoms with E-state index in [0.29, 0.717) is 38.0 Å². The number of halogens is 2. The number of piperidine rings is 1. The molecule has 1 aromatic heterocycles. The van der Waals surface area contributed by atoms with Crippen LogP contribution < -0.4 is 5.32 Å². The predicted octanol–water partition coefficient (Wildman–Crippen LogP) is 1.30. The van der Waals surface area contributed by atoms with E-state index in [1.807, 2.05) is 12.3 Å². The largest absolute Gasteiger partial charge is 0.379 e. The molecule has 140 valence electrons. The van der Waals surface area contributed by atoms with Crippen molar-refractivity contribution in [2.75, 3.05) is 19.6 Å². The lowest BCUT2D eigenvalue weighted by Gasteiger charge is -2.38. The highest BCUT2D eigenvalue weighted by Crippen LogP contribution is 2.24. The van der Waals surface area contributed by atoms with Gasteiger partial charge in [-0.3, -0.25) is 9.48 Å². The van der Waals surface area contributed by atoms with Crippen LogP contribution in [0.3, 0.4) is 0 Å². The van der Waals surface area contributed by atoms with Gasteiger partial charge in [0, 0.05) is 38.6 Å². The molecule has 0 unspecified atom stereocenters. The number of amides is 1. The monoisotopic (exact) mass is 364 g/mol. The van der Waals surface area contributed by atoms with E-state index in [0.717, 1.165) is 12.1 Å². The van der Waals surface area contributed by atoms with Crippen molar-refractivity contribution in [2.24, 2.45) is 0 Å². The van der Waals surface area contributed by atoms with Gasteiger partial charge in [-0.15, -0.1) is 0 Å². The van der Waals surface area contributed by atoms with Gasteiger partial charge in [-0.05, 0) is 36.6 Å². The first-order valence-corrected chi connectivity index (χ1v) is 8.62. The molecule has 1 saturated heterocycles. The Balaban J connectivity index is 1.56. The Hall–Kier alpha value is -2.32. The van der Waals surface area contributed by atoms with Crippen LogP contribution in [0, 0.1) is 11.6 Å². The van der Waals surface area contributed by atoms with E-state index in [9.17, 15) is 18.7 Å². The first-order chi connectivity index (χ1) is 12.5. The molecule has 1 fully saturated rings. The number of likely N-dealkylation sites (tertiary alicyclic amines) is 1. The van der Waals surface area contributed by atoms with Gasteiger partial charge in [0.25, 0.3) is 5.91 Å². The van der Waals surface area contributed by atoms with Crippen LogP contribution in [-0.2, 0) is 17.9 Å². The fourth-order valence-electron chi connectivity index (χ4n) is 3.16. The molecule has 0 bridgehead atoms. The molecule has 1 aromatic carbocycles. The number of hydrogen-bond acceptors (Lipinski definition) is 4. The SMILES string of the molecule is O=C1N(Cc2ccc(F)c(F)c2)CCC[C@]1(O)CNCCn1cccn1. The molecular formula is C18H22F2N4O2. The van der Waals surface area contributed by atoms with Gasteiger partial charge in [0.2, 0.25) is 0 Å². The summed E-state index contributed by atoms with van der Waals surface area (Å²) in [6, 6.07) is 5.40. The first kappa shape index (κ1) is 18.5. The van der Waals surface area contributed by atoms with Crippen molar-refractivity contribution < 1.29 is 18.7 Å². The highest BCUT2D eigenvalue weighted by molar-refractivity contribution is 5.86. The zero-order valence-corrected chi connectivity index (χ0v) is 14.4. The number of hydrogen-bond donors (Lipinski definition) is 2. The van der Waals surface area contributed by atoms with E-state index in [2.05, 4.69) is 10.4 Å². The van der Waals surface area contributed by atoms with Crippen LogP contribution in [0.4, 0.5) is 8.78 Å². The summed E-state index contributed by atoms with van der Waals surface area (Å²) in [5.74, 6) is -2.25. The molecule has 2 N–H and O–H groups in total. The topological polar surface area (TPSA) is 70.4 Å². The summed E-state index contributed by atoms with van der Waals surface area (Å²) in [6.07, 6.45) is 4.54. The maximum absolute atomic E-state index is 13.4. The molecule has 1 amide bonds. The quantitative estimate of drug-likeness (QED) is 0.727. The molecule has 0 spiro atoms. The number of nitrogens with one attached hydrogen (secondary N) is 1. The molecule has 2 aromatic rings. The summed E-state index contributed by atoms with van der Waals surface area (Å²) in [7, 11) is 0. The van der Waals surface area contributed by atoms with Crippen molar-refractivity contribution in [1.29, 1.82) is 0 Å². The number of rotatable bonds is 7. The van der Waals surface area contributed by atoms with Crippen molar-refractivity contribution in [1.82, 2.24) is 20.0 Å². The maximum atomic E-state index is 13.4. The smallest absolute Gasteiger partial charge is 0.256 e. The Morgan fingerprint density at radius 3 is 2.88 bits per heavy atom. The molecule has 6 nitrogen and oxygen atoms in total. The van der Waals surface area contributed by atoms with E-state index >= 15 is 0 Å². The minimum Gasteiger partial charge on any atom is -0.379 e. The van der Waals surface area contributed by atoms with Gasteiger partial charge in [-0.25, -0.2) is 8.78 Å². The van der Waals surface area contributed by atoms with Gasteiger partial charge >= 0.3 is 0 Å². The third-order valence-electron chi connectivity index (χ3n) is 4.56. The Labute approximate surface area is 150 Å². The number of aliphatic hydroxyl groups is 1. The van der Waals surface area contributed by atoms with Gasteiger partial charge in [0.1, 0.15) is 0 Å². The van der Waals surface area contributed by atoms with Crippen molar-refractivity contribution >= 4 is 5.91 Å². The Bertz CT molecular complexity index is 754. The molecule has 0 radical (unpaired) electrons. The van der Waals surface area contributed by atoms with E-state index in [1.54, 1.807) is 10.9 Å². The molecule has 26 heavy (non-hydrogen) atoms. The van der Waals surface area contributed by atoms with Crippen molar-refractivity contribution in [2.45, 2.75) is 31.5 Å². The first-order valence-electron chi connectivity index (χ1n) is 8.62. The molecule has 1 aliphatic rings. The molecule has 3 rings (SSSR count). The average Bonchev–Trinajstić information content (AvgIpc) is 3.13. The summed E-state index contributed by atoms with van der Waals surface area (Å²) < 4.78 is 28.2. The van der Waals surface area contributed by atoms with Gasteiger partial charge in [-0.1, -0.05) is 6.07 Å². The summed E-state index contributed by atoms with van der Waals surface area (Å²) in [5.41, 5.74) is -0.992. The van der Waals surface area contributed by atoms with Crippen LogP contribution in [0.2, 0.25) is 0 Å². The minimum atomic E-state index is -1.49. The lowest BCUT2D eigenvalue weighted by molar-refractivity contribution is -0.157. The second kappa shape index (κ2) is 7.92. The summed E-state index contributed by atoms with van der Waals surface area (Å²) >= 11 is 0. The third kappa shape index (κ3) is 4.25. The fraction of sp³-hybridized carbons (Fsp3) is 0.444. The van der Waals surface area contributed by atoms with E-state index in [1.165, 1.54) is 11.0 Å². The lowest BCUT2D eigenvalue weighted by atomic mass is 9.91. The lowest BCUT2D eigenvalue weighted by Crippen LogP contribution is -2.57. The molecule has 0 aliphatic carbocycles. The molecule has 2 heterocycles. The van der Waals surface area contributed by atoms with Crippen LogP contribution in [-0.4, -0.2) is 50.9 Å². The van der Waals surface area contributed by atoms with Crippen LogP contribution in [0.5, 0.6) is 0 Å². The van der Waals surface area contributed by atoms with Crippen molar-refractivity contribution in [3.8, 4) is 0 Å². The van der Waals surface area contributed by atoms with Crippen LogP contribution in [0.15, 0.2) is 36.7 Å². The highest BCUT2D eigenvalue weighted by atomic mass is 19.2. The standard InChI is InChI=1S/C18H22F2N4O2/c19-15-4-3-14(11-16(15)20)12-23-8-1-5-18(26,17(23)25)13-21-7-10-24-9-2-6-22-24/h2-4,6,9,11,21,26H,1,5,7-8,10,12-13H2/t18-/m0/s1. The number of carbonyl (C=O) groups excluding carboxylic acids is 1. The number of carbonyl (C=O) groups is 1. The third-order valence-corrected chi connectivity index (χ3v) is 4.56.